The second-order valence-electron chi connectivity index (χ2n) is 18.3. The van der Waals surface area contributed by atoms with Crippen molar-refractivity contribution in [2.45, 2.75) is 142 Å². The van der Waals surface area contributed by atoms with E-state index in [1.807, 2.05) is 123 Å². The van der Waals surface area contributed by atoms with E-state index in [1.54, 1.807) is 0 Å². The van der Waals surface area contributed by atoms with Crippen molar-refractivity contribution in [3.8, 4) is 0 Å². The molecule has 0 saturated heterocycles. The monoisotopic (exact) mass is 850 g/mol. The van der Waals surface area contributed by atoms with Gasteiger partial charge in [-0.15, -0.1) is 0 Å². The average Bonchev–Trinajstić information content (AvgIpc) is 3.26. The molecule has 0 spiro atoms. The van der Waals surface area contributed by atoms with E-state index in [0.717, 1.165) is 28.7 Å². The van der Waals surface area contributed by atoms with Gasteiger partial charge in [-0.3, -0.25) is 9.59 Å². The van der Waals surface area contributed by atoms with Crippen LogP contribution in [0, 0.1) is 23.7 Å². The molecule has 0 unspecified atom stereocenters. The Morgan fingerprint density at radius 1 is 0.508 bits per heavy atom. The normalized spacial score (nSPS) is 27.0. The van der Waals surface area contributed by atoms with Crippen LogP contribution in [0.2, 0.25) is 18.1 Å². The SMILES string of the molecule is CC[C@H]1C(=O)[C@@H](O)[C@H](OCc2ccccc2)[C@@H](OCc2ccccc2)[C@@H]1C.CC[C@H]1C(=O)[C@@H](O[Si](C)(C)C(C)(C)C)[C@H](OCc2ccccc2)[C@@H](OCc2ccccc2)[C@@H]1C. The molecule has 10 atom stereocenters. The van der Waals surface area contributed by atoms with Crippen molar-refractivity contribution < 1.29 is 38.1 Å². The van der Waals surface area contributed by atoms with Gasteiger partial charge in [0.2, 0.25) is 0 Å². The first-order chi connectivity index (χ1) is 29.2. The van der Waals surface area contributed by atoms with Gasteiger partial charge in [-0.2, -0.15) is 0 Å². The highest BCUT2D eigenvalue weighted by Crippen LogP contribution is 2.42. The summed E-state index contributed by atoms with van der Waals surface area (Å²) in [5.41, 5.74) is 4.26. The Morgan fingerprint density at radius 3 is 1.16 bits per heavy atom. The fraction of sp³-hybridized carbons (Fsp3) is 0.500. The molecule has 0 aromatic heterocycles. The second kappa shape index (κ2) is 22.5. The first kappa shape index (κ1) is 48.2. The number of ketones is 2. The summed E-state index contributed by atoms with van der Waals surface area (Å²) in [7, 11) is -2.22. The molecule has 2 saturated carbocycles. The lowest BCUT2D eigenvalue weighted by atomic mass is 9.73. The van der Waals surface area contributed by atoms with Gasteiger partial charge >= 0.3 is 0 Å². The lowest BCUT2D eigenvalue weighted by Gasteiger charge is -2.48. The van der Waals surface area contributed by atoms with Crippen LogP contribution in [0.25, 0.3) is 0 Å². The Bertz CT molecular complexity index is 1900. The summed E-state index contributed by atoms with van der Waals surface area (Å²) in [6, 6.07) is 40.0. The Hall–Kier alpha value is -3.80. The van der Waals surface area contributed by atoms with Crippen LogP contribution in [0.5, 0.6) is 0 Å². The molecule has 2 aliphatic rings. The van der Waals surface area contributed by atoms with E-state index < -0.39 is 32.7 Å². The van der Waals surface area contributed by atoms with Crippen molar-refractivity contribution >= 4 is 19.9 Å². The van der Waals surface area contributed by atoms with Crippen molar-refractivity contribution in [2.75, 3.05) is 0 Å². The number of hydrogen-bond acceptors (Lipinski definition) is 8. The number of Topliss-reactive ketones (excluding diaryl/α,β-unsaturated/α-hetero) is 2. The first-order valence-corrected chi connectivity index (χ1v) is 25.1. The van der Waals surface area contributed by atoms with Crippen LogP contribution >= 0.6 is 0 Å². The molecule has 0 amide bonds. The number of carbonyl (C=O) groups is 2. The topological polar surface area (TPSA) is 101 Å². The van der Waals surface area contributed by atoms with E-state index in [-0.39, 0.29) is 52.5 Å². The Balaban J connectivity index is 0.000000237. The third-order valence-corrected chi connectivity index (χ3v) is 17.6. The van der Waals surface area contributed by atoms with Crippen LogP contribution in [-0.4, -0.2) is 61.6 Å². The van der Waals surface area contributed by atoms with E-state index in [9.17, 15) is 14.7 Å². The van der Waals surface area contributed by atoms with Gasteiger partial charge in [-0.05, 0) is 65.1 Å². The molecule has 6 rings (SSSR count). The van der Waals surface area contributed by atoms with Gasteiger partial charge in [0.05, 0.1) is 38.6 Å². The van der Waals surface area contributed by atoms with Crippen molar-refractivity contribution in [2.24, 2.45) is 23.7 Å². The van der Waals surface area contributed by atoms with Crippen LogP contribution in [-0.2, 0) is 59.4 Å². The van der Waals surface area contributed by atoms with Crippen molar-refractivity contribution in [1.29, 1.82) is 0 Å². The van der Waals surface area contributed by atoms with E-state index >= 15 is 0 Å². The number of carbonyl (C=O) groups excluding carboxylic acids is 2. The Morgan fingerprint density at radius 2 is 0.820 bits per heavy atom. The van der Waals surface area contributed by atoms with E-state index in [0.29, 0.717) is 32.8 Å². The first-order valence-electron chi connectivity index (χ1n) is 22.2. The molecule has 0 aliphatic heterocycles. The minimum absolute atomic E-state index is 0.0115. The maximum Gasteiger partial charge on any atom is 0.193 e. The van der Waals surface area contributed by atoms with Crippen molar-refractivity contribution in [3.63, 3.8) is 0 Å². The van der Waals surface area contributed by atoms with Gasteiger partial charge in [0.15, 0.2) is 19.9 Å². The Kier molecular flexibility index (Phi) is 17.8. The summed E-state index contributed by atoms with van der Waals surface area (Å²) in [5, 5.41) is 10.6. The molecule has 61 heavy (non-hydrogen) atoms. The smallest absolute Gasteiger partial charge is 0.193 e. The summed E-state index contributed by atoms with van der Waals surface area (Å²) in [5.74, 6) is -0.263. The summed E-state index contributed by atoms with van der Waals surface area (Å²) in [6.07, 6.45) is -2.01. The number of benzene rings is 4. The van der Waals surface area contributed by atoms with Gasteiger partial charge < -0.3 is 28.5 Å². The van der Waals surface area contributed by atoms with Crippen LogP contribution in [0.4, 0.5) is 0 Å². The highest BCUT2D eigenvalue weighted by molar-refractivity contribution is 6.74. The quantitative estimate of drug-likeness (QED) is 0.111. The zero-order chi connectivity index (χ0) is 44.2. The van der Waals surface area contributed by atoms with Gasteiger partial charge in [-0.25, -0.2) is 0 Å². The molecular weight excluding hydrogens is 781 g/mol. The predicted molar refractivity (Wildman–Crippen MR) is 244 cm³/mol. The van der Waals surface area contributed by atoms with Gasteiger partial charge in [0, 0.05) is 11.8 Å². The minimum Gasteiger partial charge on any atom is -0.404 e. The van der Waals surface area contributed by atoms with Crippen LogP contribution < -0.4 is 0 Å². The number of ether oxygens (including phenoxy) is 4. The summed E-state index contributed by atoms with van der Waals surface area (Å²) in [6.45, 7) is 20.9. The summed E-state index contributed by atoms with van der Waals surface area (Å²) < 4.78 is 32.1. The molecule has 0 heterocycles. The van der Waals surface area contributed by atoms with Gasteiger partial charge in [0.25, 0.3) is 0 Å². The van der Waals surface area contributed by atoms with E-state index in [2.05, 4.69) is 59.8 Å². The molecule has 0 bridgehead atoms. The van der Waals surface area contributed by atoms with E-state index in [4.69, 9.17) is 23.4 Å². The molecule has 9 heteroatoms. The third-order valence-electron chi connectivity index (χ3n) is 13.1. The average molecular weight is 851 g/mol. The van der Waals surface area contributed by atoms with Gasteiger partial charge in [0.1, 0.15) is 24.4 Å². The maximum absolute atomic E-state index is 13.8. The summed E-state index contributed by atoms with van der Waals surface area (Å²) >= 11 is 0. The predicted octanol–water partition coefficient (Wildman–Crippen LogP) is 10.6. The molecule has 1 N–H and O–H groups in total. The van der Waals surface area contributed by atoms with Gasteiger partial charge in [-0.1, -0.05) is 170 Å². The molecule has 330 valence electrons. The maximum atomic E-state index is 13.8. The minimum atomic E-state index is -2.22. The fourth-order valence-corrected chi connectivity index (χ4v) is 9.61. The zero-order valence-electron chi connectivity index (χ0n) is 37.9. The number of aliphatic hydroxyl groups excluding tert-OH is 1. The lowest BCUT2D eigenvalue weighted by molar-refractivity contribution is -0.187. The van der Waals surface area contributed by atoms with Crippen LogP contribution in [0.1, 0.15) is 83.6 Å². The number of rotatable bonds is 16. The highest BCUT2D eigenvalue weighted by Gasteiger charge is 2.53. The Labute approximate surface area is 366 Å². The second-order valence-corrected chi connectivity index (χ2v) is 23.1. The van der Waals surface area contributed by atoms with Crippen molar-refractivity contribution in [3.05, 3.63) is 144 Å². The number of aliphatic hydroxyl groups is 1. The molecule has 2 aliphatic carbocycles. The third kappa shape index (κ3) is 12.7. The molecule has 0 radical (unpaired) electrons. The summed E-state index contributed by atoms with van der Waals surface area (Å²) in [4.78, 5) is 26.4. The standard InChI is InChI=1S/C29H42O4Si.C23H28O4/c1-8-24-21(2)26(31-19-22-15-11-9-12-16-22)28(32-20-23-17-13-10-14-18-23)27(25(24)30)33-34(6,7)29(3,4)5;1-3-19-16(2)22(26-14-17-10-6-4-7-11-17)23(21(25)20(19)24)27-15-18-12-8-5-9-13-18/h9-18,21,24,26-28H,8,19-20H2,1-7H3;4-13,16,19,21-23,25H,3,14-15H2,1-2H3/t21-,24-,26+,27-,28-;16-,19-,21-,22+,23+/m11/s1. The van der Waals surface area contributed by atoms with Crippen LogP contribution in [0.3, 0.4) is 0 Å². The zero-order valence-corrected chi connectivity index (χ0v) is 38.9. The van der Waals surface area contributed by atoms with E-state index in [1.165, 1.54) is 0 Å². The molecule has 4 aromatic rings. The molecule has 4 aromatic carbocycles. The largest absolute Gasteiger partial charge is 0.404 e. The molecule has 8 nitrogen and oxygen atoms in total. The fourth-order valence-electron chi connectivity index (χ4n) is 8.37. The number of hydrogen-bond donors (Lipinski definition) is 1. The molecule has 2 fully saturated rings. The highest BCUT2D eigenvalue weighted by atomic mass is 28.4. The van der Waals surface area contributed by atoms with Crippen LogP contribution in [0.15, 0.2) is 121 Å². The molecular formula is C52H70O8Si. The van der Waals surface area contributed by atoms with Crippen molar-refractivity contribution in [1.82, 2.24) is 0 Å². The lowest BCUT2D eigenvalue weighted by Crippen LogP contribution is -2.61.